The highest BCUT2D eigenvalue weighted by atomic mass is 127. The van der Waals surface area contributed by atoms with E-state index >= 15 is 0 Å². The zero-order chi connectivity index (χ0) is 11.5. The number of quaternary nitrogens is 1. The van der Waals surface area contributed by atoms with Crippen molar-refractivity contribution in [2.75, 3.05) is 28.3 Å². The van der Waals surface area contributed by atoms with Crippen LogP contribution in [0.15, 0.2) is 23.3 Å². The number of benzene rings is 1. The van der Waals surface area contributed by atoms with E-state index in [9.17, 15) is 5.11 Å². The van der Waals surface area contributed by atoms with Crippen molar-refractivity contribution in [2.24, 2.45) is 5.10 Å². The first-order valence-electron chi connectivity index (χ1n) is 4.66. The molecule has 0 radical (unpaired) electrons. The molecule has 0 aliphatic heterocycles. The van der Waals surface area contributed by atoms with Gasteiger partial charge in [0.15, 0.2) is 11.5 Å². The molecule has 0 aromatic heterocycles. The first kappa shape index (κ1) is 15.2. The number of phenols is 1. The summed E-state index contributed by atoms with van der Waals surface area (Å²) in [5, 5.41) is 13.7. The average Bonchev–Trinajstić information content (AvgIpc) is 2.15. The molecule has 1 N–H and O–H groups in total. The van der Waals surface area contributed by atoms with Crippen LogP contribution < -0.4 is 28.7 Å². The molecule has 1 aromatic rings. The summed E-state index contributed by atoms with van der Waals surface area (Å²) in [5.41, 5.74) is 0.901. The van der Waals surface area contributed by atoms with Crippen LogP contribution in [-0.4, -0.2) is 44.2 Å². The number of rotatable bonds is 3. The molecule has 0 unspecified atom stereocenters. The number of halogens is 1. The summed E-state index contributed by atoms with van der Waals surface area (Å²) < 4.78 is 5.50. The Labute approximate surface area is 113 Å². The zero-order valence-corrected chi connectivity index (χ0v) is 12.1. The third-order valence-corrected chi connectivity index (χ3v) is 1.76. The van der Waals surface area contributed by atoms with Crippen molar-refractivity contribution in [1.82, 2.24) is 0 Å². The lowest BCUT2D eigenvalue weighted by Crippen LogP contribution is -3.00. The second-order valence-corrected chi connectivity index (χ2v) is 4.12. The van der Waals surface area contributed by atoms with Gasteiger partial charge in [-0.3, -0.25) is 0 Å². The second kappa shape index (κ2) is 6.05. The molecule has 16 heavy (non-hydrogen) atoms. The fourth-order valence-electron chi connectivity index (χ4n) is 1.01. The monoisotopic (exact) mass is 336 g/mol. The predicted molar refractivity (Wildman–Crippen MR) is 60.3 cm³/mol. The third kappa shape index (κ3) is 4.80. The summed E-state index contributed by atoms with van der Waals surface area (Å²) in [4.78, 5) is 0. The van der Waals surface area contributed by atoms with Gasteiger partial charge in [-0.2, -0.15) is 0 Å². The van der Waals surface area contributed by atoms with Crippen molar-refractivity contribution >= 4 is 6.21 Å². The van der Waals surface area contributed by atoms with E-state index in [-0.39, 0.29) is 29.7 Å². The van der Waals surface area contributed by atoms with Crippen LogP contribution in [0.5, 0.6) is 11.5 Å². The third-order valence-electron chi connectivity index (χ3n) is 1.76. The minimum absolute atomic E-state index is 0. The van der Waals surface area contributed by atoms with Gasteiger partial charge in [0.2, 0.25) is 0 Å². The van der Waals surface area contributed by atoms with Gasteiger partial charge in [-0.1, -0.05) is 5.10 Å². The second-order valence-electron chi connectivity index (χ2n) is 4.12. The van der Waals surface area contributed by atoms with Crippen LogP contribution >= 0.6 is 0 Å². The topological polar surface area (TPSA) is 41.8 Å². The quantitative estimate of drug-likeness (QED) is 0.314. The summed E-state index contributed by atoms with van der Waals surface area (Å²) in [6.45, 7) is 0. The van der Waals surface area contributed by atoms with E-state index in [0.717, 1.165) is 5.56 Å². The van der Waals surface area contributed by atoms with E-state index in [2.05, 4.69) is 5.10 Å². The molecule has 0 fully saturated rings. The number of hydrogen-bond donors (Lipinski definition) is 1. The van der Waals surface area contributed by atoms with E-state index in [1.165, 1.54) is 7.11 Å². The van der Waals surface area contributed by atoms with E-state index < -0.39 is 0 Å². The van der Waals surface area contributed by atoms with E-state index in [1.54, 1.807) is 24.4 Å². The van der Waals surface area contributed by atoms with Crippen LogP contribution in [0, 0.1) is 0 Å². The maximum atomic E-state index is 9.39. The smallest absolute Gasteiger partial charge is 0.161 e. The molecule has 0 aliphatic carbocycles. The van der Waals surface area contributed by atoms with Gasteiger partial charge in [-0.15, -0.1) is 0 Å². The Balaban J connectivity index is 0.00000225. The minimum atomic E-state index is 0. The molecule has 0 saturated carbocycles. The van der Waals surface area contributed by atoms with Gasteiger partial charge in [0.05, 0.1) is 34.5 Å². The molecule has 4 nitrogen and oxygen atoms in total. The Kier molecular flexibility index (Phi) is 5.74. The molecular formula is C11H17IN2O2. The number of methoxy groups -OCH3 is 1. The maximum Gasteiger partial charge on any atom is 0.161 e. The standard InChI is InChI=1S/C11H16N2O2.HI/c1-13(2,3)12-8-9-5-6-10(14)11(7-9)15-4;/h5-8H,1-4H3;1H. The summed E-state index contributed by atoms with van der Waals surface area (Å²) in [6.07, 6.45) is 1.75. The van der Waals surface area contributed by atoms with Crippen LogP contribution in [0.3, 0.4) is 0 Å². The highest BCUT2D eigenvalue weighted by molar-refractivity contribution is 5.80. The number of nitrogens with zero attached hydrogens (tertiary/aromatic N) is 2. The highest BCUT2D eigenvalue weighted by Gasteiger charge is 2.04. The number of aromatic hydroxyl groups is 1. The van der Waals surface area contributed by atoms with Crippen LogP contribution in [0.25, 0.3) is 0 Å². The molecule has 5 heteroatoms. The van der Waals surface area contributed by atoms with Crippen LogP contribution in [0.4, 0.5) is 0 Å². The zero-order valence-electron chi connectivity index (χ0n) is 9.94. The van der Waals surface area contributed by atoms with Crippen molar-refractivity contribution in [3.05, 3.63) is 23.8 Å². The van der Waals surface area contributed by atoms with Crippen molar-refractivity contribution in [2.45, 2.75) is 0 Å². The Morgan fingerprint density at radius 1 is 1.31 bits per heavy atom. The van der Waals surface area contributed by atoms with E-state index in [0.29, 0.717) is 10.3 Å². The van der Waals surface area contributed by atoms with Crippen LogP contribution in [0.1, 0.15) is 5.56 Å². The molecule has 0 heterocycles. The van der Waals surface area contributed by atoms with Gasteiger partial charge in [0, 0.05) is 5.56 Å². The molecule has 0 spiro atoms. The lowest BCUT2D eigenvalue weighted by atomic mass is 10.2. The lowest BCUT2D eigenvalue weighted by Gasteiger charge is -2.14. The molecule has 0 saturated heterocycles. The first-order valence-corrected chi connectivity index (χ1v) is 4.66. The first-order chi connectivity index (χ1) is 6.92. The van der Waals surface area contributed by atoms with Crippen molar-refractivity contribution < 1.29 is 38.4 Å². The number of hydrogen-bond acceptors (Lipinski definition) is 3. The summed E-state index contributed by atoms with van der Waals surface area (Å²) in [5.74, 6) is 0.597. The highest BCUT2D eigenvalue weighted by Crippen LogP contribution is 2.25. The minimum Gasteiger partial charge on any atom is -1.00 e. The SMILES string of the molecule is COc1cc(C=N[N+](C)(C)C)ccc1O.[I-]. The average molecular weight is 336 g/mol. The molecule has 1 rings (SSSR count). The van der Waals surface area contributed by atoms with Crippen molar-refractivity contribution in [3.8, 4) is 11.5 Å². The van der Waals surface area contributed by atoms with Crippen molar-refractivity contribution in [3.63, 3.8) is 0 Å². The largest absolute Gasteiger partial charge is 1.00 e. The van der Waals surface area contributed by atoms with Gasteiger partial charge >= 0.3 is 0 Å². The van der Waals surface area contributed by atoms with E-state index in [1.807, 2.05) is 21.1 Å². The van der Waals surface area contributed by atoms with Gasteiger partial charge in [-0.25, -0.2) is 4.59 Å². The Hall–Kier alpha value is -0.820. The number of phenolic OH excluding ortho intramolecular Hbond substituents is 1. The molecule has 0 aliphatic rings. The Morgan fingerprint density at radius 2 is 1.94 bits per heavy atom. The van der Waals surface area contributed by atoms with Gasteiger partial charge in [0.1, 0.15) is 0 Å². The molecule has 1 aromatic carbocycles. The molecule has 0 bridgehead atoms. The van der Waals surface area contributed by atoms with Crippen LogP contribution in [-0.2, 0) is 0 Å². The molecule has 90 valence electrons. The predicted octanol–water partition coefficient (Wildman–Crippen LogP) is -1.56. The van der Waals surface area contributed by atoms with E-state index in [4.69, 9.17) is 4.74 Å². The number of ether oxygens (including phenoxy) is 1. The summed E-state index contributed by atoms with van der Waals surface area (Å²) in [6, 6.07) is 5.13. The Bertz CT molecular complexity index is 373. The molecule has 0 atom stereocenters. The summed E-state index contributed by atoms with van der Waals surface area (Å²) >= 11 is 0. The molecule has 0 amide bonds. The van der Waals surface area contributed by atoms with Crippen LogP contribution in [0.2, 0.25) is 0 Å². The lowest BCUT2D eigenvalue weighted by molar-refractivity contribution is -0.876. The van der Waals surface area contributed by atoms with Gasteiger partial charge in [0.25, 0.3) is 0 Å². The maximum absolute atomic E-state index is 9.39. The van der Waals surface area contributed by atoms with Gasteiger partial charge < -0.3 is 33.8 Å². The summed E-state index contributed by atoms with van der Waals surface area (Å²) in [7, 11) is 7.42. The molecular weight excluding hydrogens is 319 g/mol. The Morgan fingerprint density at radius 3 is 2.44 bits per heavy atom. The van der Waals surface area contributed by atoms with Gasteiger partial charge in [-0.05, 0) is 18.2 Å². The fourth-order valence-corrected chi connectivity index (χ4v) is 1.01. The fraction of sp³-hybridized carbons (Fsp3) is 0.364. The van der Waals surface area contributed by atoms with Crippen molar-refractivity contribution in [1.29, 1.82) is 0 Å². The normalized spacial score (nSPS) is 11.2.